The molecule has 1 aliphatic rings. The highest BCUT2D eigenvalue weighted by Crippen LogP contribution is 2.34. The second-order valence-electron chi connectivity index (χ2n) is 3.46. The molecule has 0 unspecified atom stereocenters. The third kappa shape index (κ3) is 1.60. The SMILES string of the molecule is COc1ccccc1CC1CC1. The Hall–Kier alpha value is -0.980. The molecule has 1 fully saturated rings. The normalized spacial score (nSPS) is 16.1. The summed E-state index contributed by atoms with van der Waals surface area (Å²) < 4.78 is 5.27. The lowest BCUT2D eigenvalue weighted by molar-refractivity contribution is 0.408. The summed E-state index contributed by atoms with van der Waals surface area (Å²) in [7, 11) is 1.74. The Bertz CT molecular complexity index is 263. The molecule has 0 amide bonds. The molecule has 1 nitrogen and oxygen atoms in total. The van der Waals surface area contributed by atoms with Crippen molar-refractivity contribution in [1.82, 2.24) is 0 Å². The van der Waals surface area contributed by atoms with Crippen molar-refractivity contribution < 1.29 is 4.74 Å². The van der Waals surface area contributed by atoms with E-state index in [1.165, 1.54) is 24.8 Å². The van der Waals surface area contributed by atoms with Gasteiger partial charge in [-0.1, -0.05) is 18.2 Å². The van der Waals surface area contributed by atoms with Crippen LogP contribution in [0.2, 0.25) is 0 Å². The van der Waals surface area contributed by atoms with Gasteiger partial charge in [-0.15, -0.1) is 0 Å². The van der Waals surface area contributed by atoms with Gasteiger partial charge in [0.25, 0.3) is 0 Å². The molecule has 0 N–H and O–H groups in total. The number of para-hydroxylation sites is 1. The predicted molar refractivity (Wildman–Crippen MR) is 49.4 cm³/mol. The summed E-state index contributed by atoms with van der Waals surface area (Å²) in [6, 6.07) is 8.31. The predicted octanol–water partition coefficient (Wildman–Crippen LogP) is 2.65. The lowest BCUT2D eigenvalue weighted by atomic mass is 10.1. The topological polar surface area (TPSA) is 9.23 Å². The van der Waals surface area contributed by atoms with Gasteiger partial charge in [-0.3, -0.25) is 0 Å². The van der Waals surface area contributed by atoms with E-state index in [4.69, 9.17) is 4.74 Å². The third-order valence-electron chi connectivity index (χ3n) is 2.40. The van der Waals surface area contributed by atoms with Crippen LogP contribution in [0.1, 0.15) is 18.4 Å². The molecule has 2 rings (SSSR count). The maximum atomic E-state index is 5.27. The Morgan fingerprint density at radius 1 is 1.33 bits per heavy atom. The van der Waals surface area contributed by atoms with Gasteiger partial charge in [-0.05, 0) is 36.8 Å². The maximum absolute atomic E-state index is 5.27. The molecule has 1 heteroatoms. The summed E-state index contributed by atoms with van der Waals surface area (Å²) in [5.41, 5.74) is 1.36. The van der Waals surface area contributed by atoms with Crippen LogP contribution in [0, 0.1) is 5.92 Å². The summed E-state index contributed by atoms with van der Waals surface area (Å²) in [5.74, 6) is 1.98. The molecule has 1 saturated carbocycles. The fourth-order valence-electron chi connectivity index (χ4n) is 1.50. The van der Waals surface area contributed by atoms with Crippen molar-refractivity contribution in [2.45, 2.75) is 19.3 Å². The molecule has 0 aliphatic heterocycles. The lowest BCUT2D eigenvalue weighted by Gasteiger charge is -2.06. The Morgan fingerprint density at radius 2 is 2.08 bits per heavy atom. The second kappa shape index (κ2) is 3.18. The molecule has 1 aromatic carbocycles. The number of rotatable bonds is 3. The molecular formula is C11H14O. The Morgan fingerprint density at radius 3 is 2.75 bits per heavy atom. The monoisotopic (exact) mass is 162 g/mol. The van der Waals surface area contributed by atoms with Crippen LogP contribution in [0.25, 0.3) is 0 Å². The van der Waals surface area contributed by atoms with Crippen molar-refractivity contribution >= 4 is 0 Å². The van der Waals surface area contributed by atoms with E-state index >= 15 is 0 Å². The van der Waals surface area contributed by atoms with Crippen LogP contribution in [0.15, 0.2) is 24.3 Å². The number of benzene rings is 1. The van der Waals surface area contributed by atoms with E-state index in [2.05, 4.69) is 12.1 Å². The fourth-order valence-corrected chi connectivity index (χ4v) is 1.50. The van der Waals surface area contributed by atoms with Crippen molar-refractivity contribution in [3.63, 3.8) is 0 Å². The van der Waals surface area contributed by atoms with E-state index in [1.807, 2.05) is 12.1 Å². The van der Waals surface area contributed by atoms with Gasteiger partial charge in [0.1, 0.15) is 5.75 Å². The Kier molecular flexibility index (Phi) is 2.03. The zero-order valence-electron chi connectivity index (χ0n) is 7.42. The summed E-state index contributed by atoms with van der Waals surface area (Å²) in [5, 5.41) is 0. The van der Waals surface area contributed by atoms with Crippen molar-refractivity contribution in [3.05, 3.63) is 29.8 Å². The highest BCUT2D eigenvalue weighted by atomic mass is 16.5. The minimum Gasteiger partial charge on any atom is -0.496 e. The van der Waals surface area contributed by atoms with Gasteiger partial charge >= 0.3 is 0 Å². The molecule has 12 heavy (non-hydrogen) atoms. The first-order valence-electron chi connectivity index (χ1n) is 4.52. The minimum absolute atomic E-state index is 0.932. The van der Waals surface area contributed by atoms with Crippen molar-refractivity contribution in [3.8, 4) is 5.75 Å². The van der Waals surface area contributed by atoms with E-state index in [9.17, 15) is 0 Å². The standard InChI is InChI=1S/C11H14O/c1-12-11-5-3-2-4-10(11)8-9-6-7-9/h2-5,9H,6-8H2,1H3. The first-order chi connectivity index (χ1) is 5.90. The van der Waals surface area contributed by atoms with Gasteiger partial charge in [-0.25, -0.2) is 0 Å². The van der Waals surface area contributed by atoms with Crippen molar-refractivity contribution in [1.29, 1.82) is 0 Å². The molecule has 0 spiro atoms. The first kappa shape index (κ1) is 7.66. The van der Waals surface area contributed by atoms with Gasteiger partial charge in [0.15, 0.2) is 0 Å². The third-order valence-corrected chi connectivity index (χ3v) is 2.40. The Balaban J connectivity index is 2.15. The maximum Gasteiger partial charge on any atom is 0.122 e. The number of hydrogen-bond acceptors (Lipinski definition) is 1. The smallest absolute Gasteiger partial charge is 0.122 e. The molecule has 0 saturated heterocycles. The molecule has 0 atom stereocenters. The van der Waals surface area contributed by atoms with Crippen molar-refractivity contribution in [2.75, 3.05) is 7.11 Å². The molecule has 0 heterocycles. The highest BCUT2D eigenvalue weighted by molar-refractivity contribution is 5.33. The van der Waals surface area contributed by atoms with Crippen LogP contribution < -0.4 is 4.74 Å². The summed E-state index contributed by atoms with van der Waals surface area (Å²) >= 11 is 0. The fraction of sp³-hybridized carbons (Fsp3) is 0.455. The van der Waals surface area contributed by atoms with E-state index in [-0.39, 0.29) is 0 Å². The average molecular weight is 162 g/mol. The molecule has 1 aliphatic carbocycles. The lowest BCUT2D eigenvalue weighted by Crippen LogP contribution is -1.92. The Labute approximate surface area is 73.4 Å². The highest BCUT2D eigenvalue weighted by Gasteiger charge is 2.22. The van der Waals surface area contributed by atoms with Gasteiger partial charge in [0.05, 0.1) is 7.11 Å². The zero-order chi connectivity index (χ0) is 8.39. The van der Waals surface area contributed by atoms with Gasteiger partial charge in [0, 0.05) is 0 Å². The molecule has 0 bridgehead atoms. The van der Waals surface area contributed by atoms with E-state index in [0.717, 1.165) is 11.7 Å². The van der Waals surface area contributed by atoms with Gasteiger partial charge in [0.2, 0.25) is 0 Å². The van der Waals surface area contributed by atoms with Gasteiger partial charge < -0.3 is 4.74 Å². The molecule has 0 aromatic heterocycles. The molecule has 1 aromatic rings. The first-order valence-corrected chi connectivity index (χ1v) is 4.52. The largest absolute Gasteiger partial charge is 0.496 e. The average Bonchev–Trinajstić information content (AvgIpc) is 2.89. The van der Waals surface area contributed by atoms with E-state index in [1.54, 1.807) is 7.11 Å². The zero-order valence-corrected chi connectivity index (χ0v) is 7.42. The summed E-state index contributed by atoms with van der Waals surface area (Å²) in [6.07, 6.45) is 4.00. The van der Waals surface area contributed by atoms with Crippen LogP contribution >= 0.6 is 0 Å². The quantitative estimate of drug-likeness (QED) is 0.664. The number of methoxy groups -OCH3 is 1. The number of ether oxygens (including phenoxy) is 1. The number of hydrogen-bond donors (Lipinski definition) is 0. The summed E-state index contributed by atoms with van der Waals surface area (Å²) in [6.45, 7) is 0. The van der Waals surface area contributed by atoms with Crippen LogP contribution in [0.3, 0.4) is 0 Å². The van der Waals surface area contributed by atoms with Crippen molar-refractivity contribution in [2.24, 2.45) is 5.92 Å². The van der Waals surface area contributed by atoms with Crippen LogP contribution in [-0.2, 0) is 6.42 Å². The summed E-state index contributed by atoms with van der Waals surface area (Å²) in [4.78, 5) is 0. The van der Waals surface area contributed by atoms with E-state index in [0.29, 0.717) is 0 Å². The molecule has 64 valence electrons. The molecular weight excluding hydrogens is 148 g/mol. The van der Waals surface area contributed by atoms with Crippen LogP contribution in [0.4, 0.5) is 0 Å². The second-order valence-corrected chi connectivity index (χ2v) is 3.46. The minimum atomic E-state index is 0.932. The van der Waals surface area contributed by atoms with Gasteiger partial charge in [-0.2, -0.15) is 0 Å². The van der Waals surface area contributed by atoms with E-state index < -0.39 is 0 Å². The molecule has 0 radical (unpaired) electrons. The van der Waals surface area contributed by atoms with Crippen LogP contribution in [0.5, 0.6) is 5.75 Å². The van der Waals surface area contributed by atoms with Crippen LogP contribution in [-0.4, -0.2) is 7.11 Å².